The molecule has 0 aliphatic rings. The quantitative estimate of drug-likeness (QED) is 0.441. The summed E-state index contributed by atoms with van der Waals surface area (Å²) in [5.74, 6) is 5.42. The number of nitrogens with zero attached hydrogens (tertiary/aromatic N) is 1. The third kappa shape index (κ3) is 4.72. The standard InChI is InChI=1S/C5H14N2O2S/c1-5(7(2)6)4-10(3,8)9/h5H,4,6H2,1-3H3. The van der Waals surface area contributed by atoms with Gasteiger partial charge in [0.2, 0.25) is 0 Å². The van der Waals surface area contributed by atoms with Crippen molar-refractivity contribution in [3.8, 4) is 0 Å². The zero-order chi connectivity index (χ0) is 8.36. The first-order chi connectivity index (χ1) is 4.33. The van der Waals surface area contributed by atoms with Crippen LogP contribution < -0.4 is 5.84 Å². The molecule has 10 heavy (non-hydrogen) atoms. The van der Waals surface area contributed by atoms with Gasteiger partial charge < -0.3 is 0 Å². The summed E-state index contributed by atoms with van der Waals surface area (Å²) in [4.78, 5) is 0. The Morgan fingerprint density at radius 1 is 1.60 bits per heavy atom. The Morgan fingerprint density at radius 3 is 2.10 bits per heavy atom. The van der Waals surface area contributed by atoms with Crippen molar-refractivity contribution in [3.05, 3.63) is 0 Å². The summed E-state index contributed by atoms with van der Waals surface area (Å²) in [6.45, 7) is 1.76. The van der Waals surface area contributed by atoms with Crippen LogP contribution in [0.1, 0.15) is 6.92 Å². The second kappa shape index (κ2) is 3.32. The van der Waals surface area contributed by atoms with Crippen molar-refractivity contribution in [2.24, 2.45) is 5.84 Å². The molecule has 0 aromatic heterocycles. The van der Waals surface area contributed by atoms with Gasteiger partial charge in [0.05, 0.1) is 5.75 Å². The third-order valence-corrected chi connectivity index (χ3v) is 2.33. The van der Waals surface area contributed by atoms with Crippen molar-refractivity contribution in [2.45, 2.75) is 13.0 Å². The zero-order valence-electron chi connectivity index (χ0n) is 6.53. The number of rotatable bonds is 3. The zero-order valence-corrected chi connectivity index (χ0v) is 7.35. The van der Waals surface area contributed by atoms with Crippen LogP contribution in [-0.4, -0.2) is 38.5 Å². The molecule has 62 valence electrons. The Morgan fingerprint density at radius 2 is 2.00 bits per heavy atom. The molecule has 0 heterocycles. The first-order valence-corrected chi connectivity index (χ1v) is 5.04. The number of nitrogens with two attached hydrogens (primary N) is 1. The summed E-state index contributed by atoms with van der Waals surface area (Å²) in [5, 5.41) is 1.39. The van der Waals surface area contributed by atoms with Crippen LogP contribution in [-0.2, 0) is 9.84 Å². The maximum absolute atomic E-state index is 10.7. The van der Waals surface area contributed by atoms with Crippen molar-refractivity contribution >= 4 is 9.84 Å². The van der Waals surface area contributed by atoms with Crippen molar-refractivity contribution < 1.29 is 8.42 Å². The molecule has 1 atom stereocenters. The average molecular weight is 166 g/mol. The van der Waals surface area contributed by atoms with Gasteiger partial charge in [-0.1, -0.05) is 0 Å². The Kier molecular flexibility index (Phi) is 3.27. The van der Waals surface area contributed by atoms with E-state index in [4.69, 9.17) is 5.84 Å². The molecule has 0 fully saturated rings. The van der Waals surface area contributed by atoms with Crippen LogP contribution in [0.4, 0.5) is 0 Å². The van der Waals surface area contributed by atoms with Crippen LogP contribution >= 0.6 is 0 Å². The van der Waals surface area contributed by atoms with Gasteiger partial charge in [0.1, 0.15) is 9.84 Å². The lowest BCUT2D eigenvalue weighted by Gasteiger charge is -2.17. The average Bonchev–Trinajstić information content (AvgIpc) is 1.60. The summed E-state index contributed by atoms with van der Waals surface area (Å²) < 4.78 is 21.3. The normalized spacial score (nSPS) is 15.7. The number of hydrazine groups is 1. The fraction of sp³-hybridized carbons (Fsp3) is 1.00. The van der Waals surface area contributed by atoms with E-state index in [1.165, 1.54) is 11.3 Å². The lowest BCUT2D eigenvalue weighted by atomic mass is 10.4. The van der Waals surface area contributed by atoms with E-state index in [0.29, 0.717) is 0 Å². The van der Waals surface area contributed by atoms with Crippen LogP contribution in [0.25, 0.3) is 0 Å². The first kappa shape index (κ1) is 9.87. The summed E-state index contributed by atoms with van der Waals surface area (Å²) in [5.41, 5.74) is 0. The van der Waals surface area contributed by atoms with Gasteiger partial charge in [-0.05, 0) is 6.92 Å². The molecule has 2 N–H and O–H groups in total. The van der Waals surface area contributed by atoms with Crippen LogP contribution in [0.2, 0.25) is 0 Å². The number of sulfone groups is 1. The van der Waals surface area contributed by atoms with E-state index in [2.05, 4.69) is 0 Å². The minimum Gasteiger partial charge on any atom is -0.269 e. The van der Waals surface area contributed by atoms with Crippen LogP contribution in [0.5, 0.6) is 0 Å². The predicted octanol–water partition coefficient (Wildman–Crippen LogP) is -0.775. The Bertz CT molecular complexity index is 186. The molecule has 0 rings (SSSR count). The van der Waals surface area contributed by atoms with Crippen LogP contribution in [0.3, 0.4) is 0 Å². The predicted molar refractivity (Wildman–Crippen MR) is 41.1 cm³/mol. The second-order valence-electron chi connectivity index (χ2n) is 2.61. The van der Waals surface area contributed by atoms with Crippen molar-refractivity contribution in [2.75, 3.05) is 19.1 Å². The van der Waals surface area contributed by atoms with E-state index < -0.39 is 9.84 Å². The highest BCUT2D eigenvalue weighted by Gasteiger charge is 2.11. The van der Waals surface area contributed by atoms with E-state index in [-0.39, 0.29) is 11.8 Å². The minimum atomic E-state index is -2.89. The smallest absolute Gasteiger partial charge is 0.149 e. The summed E-state index contributed by atoms with van der Waals surface area (Å²) in [6.07, 6.45) is 1.20. The monoisotopic (exact) mass is 166 g/mol. The van der Waals surface area contributed by atoms with Gasteiger partial charge in [0.25, 0.3) is 0 Å². The molecule has 0 radical (unpaired) electrons. The van der Waals surface area contributed by atoms with Crippen molar-refractivity contribution in [3.63, 3.8) is 0 Å². The molecule has 0 aromatic carbocycles. The van der Waals surface area contributed by atoms with Crippen molar-refractivity contribution in [1.82, 2.24) is 5.01 Å². The van der Waals surface area contributed by atoms with Crippen molar-refractivity contribution in [1.29, 1.82) is 0 Å². The molecule has 0 bridgehead atoms. The molecule has 4 nitrogen and oxygen atoms in total. The largest absolute Gasteiger partial charge is 0.269 e. The Balaban J connectivity index is 3.93. The van der Waals surface area contributed by atoms with E-state index >= 15 is 0 Å². The van der Waals surface area contributed by atoms with Crippen LogP contribution in [0.15, 0.2) is 0 Å². The lowest BCUT2D eigenvalue weighted by Crippen LogP contribution is -2.39. The fourth-order valence-electron chi connectivity index (χ4n) is 0.556. The maximum atomic E-state index is 10.7. The van der Waals surface area contributed by atoms with E-state index in [9.17, 15) is 8.42 Å². The summed E-state index contributed by atoms with van der Waals surface area (Å²) in [6, 6.07) is -0.116. The molecule has 0 spiro atoms. The number of hydrogen-bond donors (Lipinski definition) is 1. The van der Waals surface area contributed by atoms with Crippen LogP contribution in [0, 0.1) is 0 Å². The Hall–Kier alpha value is -0.130. The highest BCUT2D eigenvalue weighted by molar-refractivity contribution is 7.90. The lowest BCUT2D eigenvalue weighted by molar-refractivity contribution is 0.285. The van der Waals surface area contributed by atoms with Gasteiger partial charge in [-0.25, -0.2) is 13.4 Å². The van der Waals surface area contributed by atoms with Gasteiger partial charge in [-0.2, -0.15) is 0 Å². The molecule has 1 unspecified atom stereocenters. The SMILES string of the molecule is CC(CS(C)(=O)=O)N(C)N. The molecule has 0 aromatic rings. The van der Waals surface area contributed by atoms with Gasteiger partial charge in [0.15, 0.2) is 0 Å². The third-order valence-electron chi connectivity index (χ3n) is 1.24. The highest BCUT2D eigenvalue weighted by atomic mass is 32.2. The molecule has 0 amide bonds. The Labute approximate surface area is 61.9 Å². The van der Waals surface area contributed by atoms with Gasteiger partial charge in [0, 0.05) is 19.3 Å². The number of hydrogen-bond acceptors (Lipinski definition) is 4. The van der Waals surface area contributed by atoms with E-state index in [0.717, 1.165) is 0 Å². The molecule has 0 saturated heterocycles. The molecule has 0 aliphatic heterocycles. The summed E-state index contributed by atoms with van der Waals surface area (Å²) in [7, 11) is -1.24. The maximum Gasteiger partial charge on any atom is 0.149 e. The molecule has 0 aliphatic carbocycles. The van der Waals surface area contributed by atoms with Gasteiger partial charge in [-0.15, -0.1) is 0 Å². The molecule has 0 saturated carbocycles. The van der Waals surface area contributed by atoms with Gasteiger partial charge >= 0.3 is 0 Å². The van der Waals surface area contributed by atoms with E-state index in [1.54, 1.807) is 14.0 Å². The fourth-order valence-corrected chi connectivity index (χ4v) is 1.67. The highest BCUT2D eigenvalue weighted by Crippen LogP contribution is 1.93. The second-order valence-corrected chi connectivity index (χ2v) is 4.79. The molecular formula is C5H14N2O2S. The van der Waals surface area contributed by atoms with Gasteiger partial charge in [-0.3, -0.25) is 5.84 Å². The first-order valence-electron chi connectivity index (χ1n) is 2.98. The molecular weight excluding hydrogens is 152 g/mol. The summed E-state index contributed by atoms with van der Waals surface area (Å²) >= 11 is 0. The minimum absolute atomic E-state index is 0.111. The van der Waals surface area contributed by atoms with E-state index in [1.807, 2.05) is 0 Å². The molecule has 5 heteroatoms. The topological polar surface area (TPSA) is 63.4 Å².